The van der Waals surface area contributed by atoms with Crippen LogP contribution in [0.25, 0.3) is 0 Å². The highest BCUT2D eigenvalue weighted by atomic mass is 16.5. The number of nitrogens with one attached hydrogen (secondary N) is 2. The van der Waals surface area contributed by atoms with Crippen molar-refractivity contribution in [2.45, 2.75) is 57.1 Å². The minimum atomic E-state index is 0.0757. The molecule has 6 nitrogen and oxygen atoms in total. The summed E-state index contributed by atoms with van der Waals surface area (Å²) in [6.45, 7) is 3.38. The molecule has 0 amide bonds. The van der Waals surface area contributed by atoms with Gasteiger partial charge in [0.25, 0.3) is 0 Å². The summed E-state index contributed by atoms with van der Waals surface area (Å²) in [5.41, 5.74) is 2.95. The molecule has 160 valence electrons. The van der Waals surface area contributed by atoms with Gasteiger partial charge in [0.1, 0.15) is 6.07 Å². The fraction of sp³-hybridized carbons (Fsp3) is 0.583. The summed E-state index contributed by atoms with van der Waals surface area (Å²) >= 11 is 0. The third-order valence-electron chi connectivity index (χ3n) is 6.89. The molecule has 1 atom stereocenters. The molecule has 0 radical (unpaired) electrons. The average Bonchev–Trinajstić information content (AvgIpc) is 3.24. The van der Waals surface area contributed by atoms with E-state index in [0.29, 0.717) is 18.0 Å². The largest absolute Gasteiger partial charge is 0.494 e. The van der Waals surface area contributed by atoms with Crippen molar-refractivity contribution in [3.8, 4) is 11.8 Å². The van der Waals surface area contributed by atoms with Gasteiger partial charge in [0.2, 0.25) is 0 Å². The second-order valence-electron chi connectivity index (χ2n) is 8.77. The number of allylic oxidation sites excluding steroid dienone is 3. The van der Waals surface area contributed by atoms with Gasteiger partial charge in [0.15, 0.2) is 11.4 Å². The van der Waals surface area contributed by atoms with Gasteiger partial charge in [-0.3, -0.25) is 0 Å². The molecule has 0 aromatic carbocycles. The summed E-state index contributed by atoms with van der Waals surface area (Å²) in [6.07, 6.45) is 16.6. The van der Waals surface area contributed by atoms with Crippen LogP contribution < -0.4 is 15.4 Å². The first kappa shape index (κ1) is 20.9. The fourth-order valence-electron chi connectivity index (χ4n) is 5.34. The van der Waals surface area contributed by atoms with E-state index in [2.05, 4.69) is 39.9 Å². The van der Waals surface area contributed by atoms with Gasteiger partial charge < -0.3 is 20.1 Å². The van der Waals surface area contributed by atoms with Crippen LogP contribution in [0.4, 0.5) is 0 Å². The third kappa shape index (κ3) is 4.38. The number of hydrogen-bond donors (Lipinski definition) is 2. The van der Waals surface area contributed by atoms with Crippen molar-refractivity contribution in [2.75, 3.05) is 26.8 Å². The highest BCUT2D eigenvalue weighted by molar-refractivity contribution is 5.39. The molecule has 2 aliphatic heterocycles. The van der Waals surface area contributed by atoms with Gasteiger partial charge in [-0.1, -0.05) is 25.0 Å². The Morgan fingerprint density at radius 1 is 1.33 bits per heavy atom. The van der Waals surface area contributed by atoms with Crippen molar-refractivity contribution in [2.24, 2.45) is 5.41 Å². The molecule has 0 unspecified atom stereocenters. The summed E-state index contributed by atoms with van der Waals surface area (Å²) in [4.78, 5) is 4.20. The number of nitriles is 1. The first-order valence-corrected chi connectivity index (χ1v) is 11.1. The Labute approximate surface area is 179 Å². The summed E-state index contributed by atoms with van der Waals surface area (Å²) in [5, 5.41) is 16.3. The Bertz CT molecular complexity index is 851. The van der Waals surface area contributed by atoms with E-state index in [1.165, 1.54) is 31.4 Å². The Morgan fingerprint density at radius 2 is 2.20 bits per heavy atom. The Balaban J connectivity index is 1.42. The minimum absolute atomic E-state index is 0.0757. The number of nitrogens with zero attached hydrogens (tertiary/aromatic N) is 2. The number of hydrogen-bond acceptors (Lipinski definition) is 6. The first-order chi connectivity index (χ1) is 14.7. The molecule has 1 saturated carbocycles. The molecule has 2 N–H and O–H groups in total. The van der Waals surface area contributed by atoms with E-state index < -0.39 is 0 Å². The van der Waals surface area contributed by atoms with Gasteiger partial charge in [0.05, 0.1) is 12.7 Å². The van der Waals surface area contributed by atoms with Crippen LogP contribution >= 0.6 is 0 Å². The van der Waals surface area contributed by atoms with Crippen molar-refractivity contribution in [1.82, 2.24) is 15.6 Å². The van der Waals surface area contributed by atoms with E-state index in [-0.39, 0.29) is 11.0 Å². The van der Waals surface area contributed by atoms with Crippen molar-refractivity contribution in [3.63, 3.8) is 0 Å². The van der Waals surface area contributed by atoms with Gasteiger partial charge in [-0.2, -0.15) is 5.26 Å². The van der Waals surface area contributed by atoms with Gasteiger partial charge >= 0.3 is 0 Å². The summed E-state index contributed by atoms with van der Waals surface area (Å²) < 4.78 is 11.6. The van der Waals surface area contributed by atoms with Crippen molar-refractivity contribution in [3.05, 3.63) is 47.4 Å². The highest BCUT2D eigenvalue weighted by Gasteiger charge is 2.48. The highest BCUT2D eigenvalue weighted by Crippen LogP contribution is 2.51. The van der Waals surface area contributed by atoms with Crippen LogP contribution in [0.3, 0.4) is 0 Å². The number of methoxy groups -OCH3 is 1. The zero-order valence-corrected chi connectivity index (χ0v) is 17.9. The number of rotatable bonds is 7. The molecule has 3 heterocycles. The molecule has 2 fully saturated rings. The molecule has 30 heavy (non-hydrogen) atoms. The molecule has 1 saturated heterocycles. The maximum atomic E-state index is 9.10. The second kappa shape index (κ2) is 9.20. The molecule has 1 aliphatic carbocycles. The molecule has 1 aromatic heterocycles. The number of ether oxygens (including phenoxy) is 2. The number of dihydropyridines is 1. The predicted molar refractivity (Wildman–Crippen MR) is 116 cm³/mol. The SMILES string of the molecule is COc1cc(CNCC[C@@]2(C3=CC=CCN3)CCOC3(CCCC3)C2)cnc1C#N. The van der Waals surface area contributed by atoms with Gasteiger partial charge in [-0.25, -0.2) is 4.98 Å². The second-order valence-corrected chi connectivity index (χ2v) is 8.77. The average molecular weight is 409 g/mol. The molecule has 6 heteroatoms. The Morgan fingerprint density at radius 3 is 2.93 bits per heavy atom. The van der Waals surface area contributed by atoms with Crippen LogP contribution in [-0.2, 0) is 11.3 Å². The van der Waals surface area contributed by atoms with Crippen molar-refractivity contribution < 1.29 is 9.47 Å². The van der Waals surface area contributed by atoms with Crippen LogP contribution in [0.15, 0.2) is 36.2 Å². The van der Waals surface area contributed by atoms with Gasteiger partial charge in [0, 0.05) is 37.0 Å². The van der Waals surface area contributed by atoms with E-state index in [0.717, 1.165) is 44.5 Å². The van der Waals surface area contributed by atoms with E-state index in [4.69, 9.17) is 14.7 Å². The first-order valence-electron chi connectivity index (χ1n) is 11.1. The summed E-state index contributed by atoms with van der Waals surface area (Å²) in [6, 6.07) is 3.96. The lowest BCUT2D eigenvalue weighted by atomic mass is 9.67. The summed E-state index contributed by atoms with van der Waals surface area (Å²) in [5.74, 6) is 0.532. The van der Waals surface area contributed by atoms with Gasteiger partial charge in [-0.15, -0.1) is 0 Å². The lowest BCUT2D eigenvalue weighted by molar-refractivity contribution is -0.116. The monoisotopic (exact) mass is 408 g/mol. The Kier molecular flexibility index (Phi) is 6.40. The quantitative estimate of drug-likeness (QED) is 0.671. The maximum absolute atomic E-state index is 9.10. The number of aromatic nitrogens is 1. The molecule has 3 aliphatic rings. The molecular weight excluding hydrogens is 376 g/mol. The molecule has 1 aromatic rings. The van der Waals surface area contributed by atoms with Gasteiger partial charge in [-0.05, 0) is 56.4 Å². The molecule has 0 bridgehead atoms. The van der Waals surface area contributed by atoms with Crippen molar-refractivity contribution in [1.29, 1.82) is 5.26 Å². The van der Waals surface area contributed by atoms with E-state index >= 15 is 0 Å². The van der Waals surface area contributed by atoms with Crippen LogP contribution in [0.2, 0.25) is 0 Å². The number of pyridine rings is 1. The van der Waals surface area contributed by atoms with Crippen LogP contribution in [-0.4, -0.2) is 37.4 Å². The van der Waals surface area contributed by atoms with E-state index in [9.17, 15) is 0 Å². The fourth-order valence-corrected chi connectivity index (χ4v) is 5.34. The zero-order chi connectivity index (χ0) is 20.9. The normalized spacial score (nSPS) is 24.9. The minimum Gasteiger partial charge on any atom is -0.494 e. The topological polar surface area (TPSA) is 79.2 Å². The lowest BCUT2D eigenvalue weighted by Crippen LogP contribution is -2.48. The molecule has 4 rings (SSSR count). The van der Waals surface area contributed by atoms with Crippen LogP contribution in [0.5, 0.6) is 5.75 Å². The van der Waals surface area contributed by atoms with Crippen LogP contribution in [0.1, 0.15) is 56.2 Å². The van der Waals surface area contributed by atoms with E-state index in [1.54, 1.807) is 13.3 Å². The molecule has 1 spiro atoms. The zero-order valence-electron chi connectivity index (χ0n) is 17.9. The lowest BCUT2D eigenvalue weighted by Gasteiger charge is -2.48. The van der Waals surface area contributed by atoms with E-state index in [1.807, 2.05) is 6.07 Å². The van der Waals surface area contributed by atoms with Crippen LogP contribution in [0, 0.1) is 16.7 Å². The Hall–Kier alpha value is -2.36. The molecular formula is C24H32N4O2. The predicted octanol–water partition coefficient (Wildman–Crippen LogP) is 3.59. The van der Waals surface area contributed by atoms with Crippen molar-refractivity contribution >= 4 is 0 Å². The third-order valence-corrected chi connectivity index (χ3v) is 6.89. The smallest absolute Gasteiger partial charge is 0.182 e. The summed E-state index contributed by atoms with van der Waals surface area (Å²) in [7, 11) is 1.57. The maximum Gasteiger partial charge on any atom is 0.182 e. The standard InChI is InChI=1S/C24H32N4O2/c1-29-21-14-19(17-28-20(21)15-25)16-26-12-9-23(22-6-2-5-11-27-22)10-13-30-24(18-23)7-3-4-8-24/h2,5-6,14,17,26-27H,3-4,7-13,16,18H2,1H3/t23-/m1/s1.